The fourth-order valence-electron chi connectivity index (χ4n) is 1.54. The van der Waals surface area contributed by atoms with Crippen molar-refractivity contribution in [3.63, 3.8) is 0 Å². The van der Waals surface area contributed by atoms with E-state index in [1.54, 1.807) is 38.3 Å². The minimum atomic E-state index is -0.771. The first-order valence-electron chi connectivity index (χ1n) is 5.79. The summed E-state index contributed by atoms with van der Waals surface area (Å²) in [6.45, 7) is 1.55. The summed E-state index contributed by atoms with van der Waals surface area (Å²) in [5.74, 6) is 1.13. The predicted molar refractivity (Wildman–Crippen MR) is 74.7 cm³/mol. The molecule has 1 atom stereocenters. The van der Waals surface area contributed by atoms with Crippen LogP contribution >= 0.6 is 11.3 Å². The van der Waals surface area contributed by atoms with Crippen LogP contribution in [0.15, 0.2) is 30.3 Å². The number of hydrogen-bond donors (Lipinski definition) is 1. The Labute approximate surface area is 119 Å². The van der Waals surface area contributed by atoms with E-state index in [9.17, 15) is 15.2 Å². The average Bonchev–Trinajstić information content (AvgIpc) is 2.84. The van der Waals surface area contributed by atoms with Crippen LogP contribution < -0.4 is 9.47 Å². The van der Waals surface area contributed by atoms with E-state index in [0.717, 1.165) is 11.3 Å². The normalized spacial score (nSPS) is 11.9. The van der Waals surface area contributed by atoms with Gasteiger partial charge in [-0.2, -0.15) is 0 Å². The lowest BCUT2D eigenvalue weighted by Gasteiger charge is -2.04. The maximum atomic E-state index is 11.0. The third kappa shape index (κ3) is 3.06. The van der Waals surface area contributed by atoms with E-state index < -0.39 is 11.0 Å². The SMILES string of the molecule is COc1ccc(Oc2sc([C@H](C)O)cc2[N+](=O)[O-])cc1. The van der Waals surface area contributed by atoms with Gasteiger partial charge in [0.1, 0.15) is 11.5 Å². The first-order chi connectivity index (χ1) is 9.51. The van der Waals surface area contributed by atoms with Crippen molar-refractivity contribution in [1.29, 1.82) is 0 Å². The highest BCUT2D eigenvalue weighted by molar-refractivity contribution is 7.14. The molecule has 20 heavy (non-hydrogen) atoms. The Morgan fingerprint density at radius 3 is 2.40 bits per heavy atom. The Hall–Kier alpha value is -2.12. The highest BCUT2D eigenvalue weighted by atomic mass is 32.1. The van der Waals surface area contributed by atoms with Gasteiger partial charge in [0.25, 0.3) is 5.06 Å². The number of hydrogen-bond acceptors (Lipinski definition) is 6. The second-order valence-corrected chi connectivity index (χ2v) is 5.08. The molecule has 1 heterocycles. The Balaban J connectivity index is 2.29. The number of rotatable bonds is 5. The van der Waals surface area contributed by atoms with E-state index in [2.05, 4.69) is 0 Å². The number of nitro groups is 1. The van der Waals surface area contributed by atoms with Gasteiger partial charge in [-0.1, -0.05) is 11.3 Å². The van der Waals surface area contributed by atoms with Crippen LogP contribution in [0.25, 0.3) is 0 Å². The first kappa shape index (κ1) is 14.3. The topological polar surface area (TPSA) is 81.8 Å². The molecule has 0 aliphatic heterocycles. The Kier molecular flexibility index (Phi) is 4.21. The quantitative estimate of drug-likeness (QED) is 0.674. The van der Waals surface area contributed by atoms with Gasteiger partial charge in [0.05, 0.1) is 18.1 Å². The van der Waals surface area contributed by atoms with Crippen LogP contribution in [0.3, 0.4) is 0 Å². The molecule has 6 nitrogen and oxygen atoms in total. The van der Waals surface area contributed by atoms with Gasteiger partial charge in [0.15, 0.2) is 0 Å². The molecule has 1 aromatic heterocycles. The Bertz CT molecular complexity index is 606. The van der Waals surface area contributed by atoms with E-state index in [0.29, 0.717) is 16.4 Å². The maximum absolute atomic E-state index is 11.0. The van der Waals surface area contributed by atoms with E-state index in [1.165, 1.54) is 6.07 Å². The fraction of sp³-hybridized carbons (Fsp3) is 0.231. The molecule has 0 unspecified atom stereocenters. The maximum Gasteiger partial charge on any atom is 0.323 e. The van der Waals surface area contributed by atoms with Crippen LogP contribution in [0.5, 0.6) is 16.6 Å². The van der Waals surface area contributed by atoms with Gasteiger partial charge in [0, 0.05) is 10.9 Å². The molecule has 1 aromatic carbocycles. The highest BCUT2D eigenvalue weighted by Gasteiger charge is 2.23. The summed E-state index contributed by atoms with van der Waals surface area (Å²) < 4.78 is 10.5. The molecule has 0 fully saturated rings. The van der Waals surface area contributed by atoms with Crippen molar-refractivity contribution in [2.24, 2.45) is 0 Å². The largest absolute Gasteiger partial charge is 0.497 e. The number of aliphatic hydroxyl groups excluding tert-OH is 1. The number of ether oxygens (including phenoxy) is 2. The zero-order chi connectivity index (χ0) is 14.7. The van der Waals surface area contributed by atoms with Crippen molar-refractivity contribution in [3.8, 4) is 16.6 Å². The van der Waals surface area contributed by atoms with Crippen LogP contribution in [0.4, 0.5) is 5.69 Å². The Morgan fingerprint density at radius 2 is 1.90 bits per heavy atom. The monoisotopic (exact) mass is 295 g/mol. The third-order valence-electron chi connectivity index (χ3n) is 2.58. The summed E-state index contributed by atoms with van der Waals surface area (Å²) in [5.41, 5.74) is -0.151. The van der Waals surface area contributed by atoms with Crippen molar-refractivity contribution in [1.82, 2.24) is 0 Å². The molecule has 2 aromatic rings. The summed E-state index contributed by atoms with van der Waals surface area (Å²) >= 11 is 1.06. The molecule has 0 aliphatic carbocycles. The lowest BCUT2D eigenvalue weighted by Crippen LogP contribution is -1.89. The summed E-state index contributed by atoms with van der Waals surface area (Å²) in [4.78, 5) is 10.9. The number of methoxy groups -OCH3 is 1. The van der Waals surface area contributed by atoms with Crippen molar-refractivity contribution in [3.05, 3.63) is 45.3 Å². The zero-order valence-corrected chi connectivity index (χ0v) is 11.7. The van der Waals surface area contributed by atoms with Crippen molar-refractivity contribution in [2.75, 3.05) is 7.11 Å². The standard InChI is InChI=1S/C13H13NO5S/c1-8(15)12-7-11(14(16)17)13(20-12)19-10-5-3-9(18-2)4-6-10/h3-8,15H,1-2H3/t8-/m0/s1. The van der Waals surface area contributed by atoms with Crippen LogP contribution in [-0.2, 0) is 0 Å². The molecule has 0 saturated heterocycles. The van der Waals surface area contributed by atoms with Gasteiger partial charge in [0.2, 0.25) is 0 Å². The van der Waals surface area contributed by atoms with Gasteiger partial charge in [-0.05, 0) is 31.2 Å². The van der Waals surface area contributed by atoms with Gasteiger partial charge < -0.3 is 14.6 Å². The van der Waals surface area contributed by atoms with E-state index >= 15 is 0 Å². The highest BCUT2D eigenvalue weighted by Crippen LogP contribution is 2.42. The van der Waals surface area contributed by atoms with Crippen LogP contribution in [0.2, 0.25) is 0 Å². The number of aliphatic hydroxyl groups is 1. The minimum Gasteiger partial charge on any atom is -0.497 e. The van der Waals surface area contributed by atoms with Gasteiger partial charge in [-0.3, -0.25) is 10.1 Å². The van der Waals surface area contributed by atoms with Gasteiger partial charge >= 0.3 is 5.69 Å². The van der Waals surface area contributed by atoms with Crippen molar-refractivity contribution >= 4 is 17.0 Å². The van der Waals surface area contributed by atoms with E-state index in [1.807, 2.05) is 0 Å². The molecule has 7 heteroatoms. The second-order valence-electron chi connectivity index (χ2n) is 4.03. The van der Waals surface area contributed by atoms with Gasteiger partial charge in [-0.15, -0.1) is 0 Å². The van der Waals surface area contributed by atoms with E-state index in [-0.39, 0.29) is 10.8 Å². The lowest BCUT2D eigenvalue weighted by atomic mass is 10.3. The van der Waals surface area contributed by atoms with E-state index in [4.69, 9.17) is 9.47 Å². The molecular formula is C13H13NO5S. The molecule has 0 spiro atoms. The molecule has 0 aliphatic rings. The third-order valence-corrected chi connectivity index (χ3v) is 3.75. The number of thiophene rings is 1. The smallest absolute Gasteiger partial charge is 0.323 e. The summed E-state index contributed by atoms with van der Waals surface area (Å²) in [6.07, 6.45) is -0.771. The fourth-order valence-corrected chi connectivity index (χ4v) is 2.47. The molecule has 1 N–H and O–H groups in total. The second kappa shape index (κ2) is 5.89. The summed E-state index contributed by atoms with van der Waals surface area (Å²) in [7, 11) is 1.55. The van der Waals surface area contributed by atoms with Crippen molar-refractivity contribution in [2.45, 2.75) is 13.0 Å². The minimum absolute atomic E-state index is 0.149. The molecule has 0 amide bonds. The lowest BCUT2D eigenvalue weighted by molar-refractivity contribution is -0.385. The van der Waals surface area contributed by atoms with Gasteiger partial charge in [-0.25, -0.2) is 0 Å². The van der Waals surface area contributed by atoms with Crippen LogP contribution in [-0.4, -0.2) is 17.1 Å². The molecule has 106 valence electrons. The molecule has 0 radical (unpaired) electrons. The molecule has 0 saturated carbocycles. The number of nitrogens with zero attached hydrogens (tertiary/aromatic N) is 1. The molecule has 2 rings (SSSR count). The summed E-state index contributed by atoms with van der Waals surface area (Å²) in [5, 5.41) is 20.6. The number of benzene rings is 1. The van der Waals surface area contributed by atoms with Crippen LogP contribution in [0, 0.1) is 10.1 Å². The Morgan fingerprint density at radius 1 is 1.30 bits per heavy atom. The average molecular weight is 295 g/mol. The first-order valence-corrected chi connectivity index (χ1v) is 6.61. The zero-order valence-electron chi connectivity index (χ0n) is 10.9. The molecular weight excluding hydrogens is 282 g/mol. The summed E-state index contributed by atoms with van der Waals surface area (Å²) in [6, 6.07) is 8.04. The van der Waals surface area contributed by atoms with Crippen molar-refractivity contribution < 1.29 is 19.5 Å². The predicted octanol–water partition coefficient (Wildman–Crippen LogP) is 3.51. The van der Waals surface area contributed by atoms with Crippen LogP contribution in [0.1, 0.15) is 17.9 Å². The molecule has 0 bridgehead atoms.